The number of hydrogen-bond donors (Lipinski definition) is 2. The zero-order chi connectivity index (χ0) is 19.2. The lowest BCUT2D eigenvalue weighted by Gasteiger charge is -2.06. The monoisotopic (exact) mass is 390 g/mol. The second kappa shape index (κ2) is 8.41. The van der Waals surface area contributed by atoms with Crippen molar-refractivity contribution in [3.05, 3.63) is 65.7 Å². The van der Waals surface area contributed by atoms with Gasteiger partial charge in [-0.1, -0.05) is 11.8 Å². The Morgan fingerprint density at radius 1 is 0.926 bits per heavy atom. The largest absolute Gasteiger partial charge is 0.411 e. The summed E-state index contributed by atoms with van der Waals surface area (Å²) in [5.74, 6) is -1.82. The Labute approximate surface area is 156 Å². The third kappa shape index (κ3) is 5.11. The van der Waals surface area contributed by atoms with E-state index in [9.17, 15) is 18.4 Å². The van der Waals surface area contributed by atoms with Crippen molar-refractivity contribution < 1.29 is 22.8 Å². The Morgan fingerprint density at radius 3 is 2.22 bits per heavy atom. The lowest BCUT2D eigenvalue weighted by Crippen LogP contribution is -2.42. The van der Waals surface area contributed by atoms with Crippen LogP contribution in [0.3, 0.4) is 0 Å². The van der Waals surface area contributed by atoms with Crippen LogP contribution in [0.25, 0.3) is 11.5 Å². The number of rotatable bonds is 5. The van der Waals surface area contributed by atoms with Crippen molar-refractivity contribution in [2.24, 2.45) is 0 Å². The number of thioether (sulfide) groups is 1. The Kier molecular flexibility index (Phi) is 5.77. The van der Waals surface area contributed by atoms with Gasteiger partial charge in [0.25, 0.3) is 11.1 Å². The van der Waals surface area contributed by atoms with Gasteiger partial charge in [-0.05, 0) is 48.5 Å². The van der Waals surface area contributed by atoms with Crippen LogP contribution < -0.4 is 10.9 Å². The van der Waals surface area contributed by atoms with E-state index < -0.39 is 17.6 Å². The van der Waals surface area contributed by atoms with Gasteiger partial charge in [0.1, 0.15) is 11.6 Å². The van der Waals surface area contributed by atoms with E-state index in [1.54, 1.807) is 0 Å². The number of halogens is 2. The molecule has 27 heavy (non-hydrogen) atoms. The number of nitrogens with zero attached hydrogens (tertiary/aromatic N) is 2. The molecule has 2 amide bonds. The SMILES string of the molecule is O=C(CSc1nnc(-c2ccc(F)cc2)o1)NNC(=O)c1ccc(F)cc1. The van der Waals surface area contributed by atoms with Gasteiger partial charge in [0.05, 0.1) is 5.75 Å². The Morgan fingerprint density at radius 2 is 1.56 bits per heavy atom. The highest BCUT2D eigenvalue weighted by atomic mass is 32.2. The number of hydrogen-bond acceptors (Lipinski definition) is 6. The van der Waals surface area contributed by atoms with E-state index in [1.807, 2.05) is 0 Å². The van der Waals surface area contributed by atoms with Gasteiger partial charge in [-0.3, -0.25) is 20.4 Å². The van der Waals surface area contributed by atoms with Gasteiger partial charge < -0.3 is 4.42 Å². The normalized spacial score (nSPS) is 10.4. The van der Waals surface area contributed by atoms with Crippen LogP contribution in [0.4, 0.5) is 8.78 Å². The maximum atomic E-state index is 12.9. The molecule has 1 heterocycles. The molecule has 3 rings (SSSR count). The van der Waals surface area contributed by atoms with E-state index in [2.05, 4.69) is 21.0 Å². The molecule has 10 heteroatoms. The van der Waals surface area contributed by atoms with Crippen LogP contribution in [0.1, 0.15) is 10.4 Å². The predicted molar refractivity (Wildman–Crippen MR) is 92.4 cm³/mol. The molecule has 0 aliphatic heterocycles. The second-order valence-electron chi connectivity index (χ2n) is 5.18. The quantitative estimate of drug-likeness (QED) is 0.513. The zero-order valence-electron chi connectivity index (χ0n) is 13.6. The minimum atomic E-state index is -0.579. The van der Waals surface area contributed by atoms with Crippen LogP contribution in [-0.2, 0) is 4.79 Å². The van der Waals surface area contributed by atoms with Crippen LogP contribution in [0.2, 0.25) is 0 Å². The third-order valence-corrected chi connectivity index (χ3v) is 4.06. The molecule has 0 unspecified atom stereocenters. The van der Waals surface area contributed by atoms with Crippen molar-refractivity contribution in [1.29, 1.82) is 0 Å². The fourth-order valence-electron chi connectivity index (χ4n) is 1.94. The molecular weight excluding hydrogens is 378 g/mol. The molecule has 0 atom stereocenters. The molecule has 0 radical (unpaired) electrons. The summed E-state index contributed by atoms with van der Waals surface area (Å²) in [5.41, 5.74) is 5.19. The summed E-state index contributed by atoms with van der Waals surface area (Å²) in [6.07, 6.45) is 0. The highest BCUT2D eigenvalue weighted by Gasteiger charge is 2.12. The van der Waals surface area contributed by atoms with Crippen LogP contribution in [-0.4, -0.2) is 27.8 Å². The lowest BCUT2D eigenvalue weighted by molar-refractivity contribution is -0.119. The van der Waals surface area contributed by atoms with Gasteiger partial charge in [0.2, 0.25) is 11.8 Å². The number of amides is 2. The maximum Gasteiger partial charge on any atom is 0.277 e. The van der Waals surface area contributed by atoms with E-state index in [4.69, 9.17) is 4.42 Å². The summed E-state index contributed by atoms with van der Waals surface area (Å²) >= 11 is 0.969. The number of benzene rings is 2. The van der Waals surface area contributed by atoms with Gasteiger partial charge in [-0.15, -0.1) is 10.2 Å². The molecule has 2 aromatic carbocycles. The van der Waals surface area contributed by atoms with Gasteiger partial charge in [-0.25, -0.2) is 8.78 Å². The molecule has 0 saturated heterocycles. The van der Waals surface area contributed by atoms with E-state index in [0.29, 0.717) is 5.56 Å². The molecule has 2 N–H and O–H groups in total. The zero-order valence-corrected chi connectivity index (χ0v) is 14.4. The molecule has 0 aliphatic carbocycles. The van der Waals surface area contributed by atoms with Crippen molar-refractivity contribution in [2.75, 3.05) is 5.75 Å². The first-order chi connectivity index (χ1) is 13.0. The van der Waals surface area contributed by atoms with Crippen molar-refractivity contribution >= 4 is 23.6 Å². The summed E-state index contributed by atoms with van der Waals surface area (Å²) in [5, 5.41) is 7.76. The van der Waals surface area contributed by atoms with Crippen LogP contribution >= 0.6 is 11.8 Å². The Bertz CT molecular complexity index is 946. The van der Waals surface area contributed by atoms with Crippen molar-refractivity contribution in [2.45, 2.75) is 5.22 Å². The number of hydrazine groups is 1. The molecule has 0 spiro atoms. The molecule has 0 bridgehead atoms. The maximum absolute atomic E-state index is 12.9. The minimum absolute atomic E-state index is 0.0885. The highest BCUT2D eigenvalue weighted by Crippen LogP contribution is 2.23. The average Bonchev–Trinajstić information content (AvgIpc) is 3.14. The van der Waals surface area contributed by atoms with E-state index >= 15 is 0 Å². The summed E-state index contributed by atoms with van der Waals surface area (Å²) in [6.45, 7) is 0. The average molecular weight is 390 g/mol. The molecule has 0 aliphatic rings. The topological polar surface area (TPSA) is 97.1 Å². The smallest absolute Gasteiger partial charge is 0.277 e. The third-order valence-electron chi connectivity index (χ3n) is 3.25. The standard InChI is InChI=1S/C17H12F2N4O3S/c18-12-5-1-10(2-6-12)15(25)21-20-14(24)9-27-17-23-22-16(26-17)11-3-7-13(19)8-4-11/h1-8H,9H2,(H,20,24)(H,21,25). The summed E-state index contributed by atoms with van der Waals surface area (Å²) in [7, 11) is 0. The minimum Gasteiger partial charge on any atom is -0.411 e. The Hall–Kier alpha value is -3.27. The summed E-state index contributed by atoms with van der Waals surface area (Å²) in [4.78, 5) is 23.6. The molecule has 3 aromatic rings. The van der Waals surface area contributed by atoms with E-state index in [-0.39, 0.29) is 28.2 Å². The van der Waals surface area contributed by atoms with Crippen LogP contribution in [0.5, 0.6) is 0 Å². The number of carbonyl (C=O) groups is 2. The first-order valence-electron chi connectivity index (χ1n) is 7.58. The molecule has 138 valence electrons. The van der Waals surface area contributed by atoms with Gasteiger partial charge in [0.15, 0.2) is 0 Å². The summed E-state index contributed by atoms with van der Waals surface area (Å²) in [6, 6.07) is 10.4. The van der Waals surface area contributed by atoms with Crippen LogP contribution in [0.15, 0.2) is 58.2 Å². The first kappa shape index (κ1) is 18.5. The van der Waals surface area contributed by atoms with Gasteiger partial charge in [-0.2, -0.15) is 0 Å². The first-order valence-corrected chi connectivity index (χ1v) is 8.57. The fourth-order valence-corrected chi connectivity index (χ4v) is 2.50. The van der Waals surface area contributed by atoms with Crippen LogP contribution in [0, 0.1) is 11.6 Å². The van der Waals surface area contributed by atoms with Crippen molar-refractivity contribution in [3.8, 4) is 11.5 Å². The second-order valence-corrected chi connectivity index (χ2v) is 6.10. The Balaban J connectivity index is 1.47. The lowest BCUT2D eigenvalue weighted by atomic mass is 10.2. The molecule has 0 saturated carbocycles. The highest BCUT2D eigenvalue weighted by molar-refractivity contribution is 7.99. The molecule has 1 aromatic heterocycles. The van der Waals surface area contributed by atoms with E-state index in [0.717, 1.165) is 23.9 Å². The number of nitrogens with one attached hydrogen (secondary N) is 2. The van der Waals surface area contributed by atoms with E-state index in [1.165, 1.54) is 36.4 Å². The molecular formula is C17H12F2N4O3S. The van der Waals surface area contributed by atoms with Gasteiger partial charge in [0, 0.05) is 11.1 Å². The number of aromatic nitrogens is 2. The molecule has 0 fully saturated rings. The van der Waals surface area contributed by atoms with Crippen molar-refractivity contribution in [1.82, 2.24) is 21.0 Å². The number of carbonyl (C=O) groups excluding carboxylic acids is 2. The summed E-state index contributed by atoms with van der Waals surface area (Å²) < 4.78 is 31.1. The van der Waals surface area contributed by atoms with Crippen molar-refractivity contribution in [3.63, 3.8) is 0 Å². The van der Waals surface area contributed by atoms with Gasteiger partial charge >= 0.3 is 0 Å². The predicted octanol–water partition coefficient (Wildman–Crippen LogP) is 2.57. The molecule has 7 nitrogen and oxygen atoms in total. The fraction of sp³-hybridized carbons (Fsp3) is 0.0588.